The number of carbonyl (C=O) groups excluding carboxylic acids is 1. The monoisotopic (exact) mass is 313 g/mol. The Morgan fingerprint density at radius 1 is 1.25 bits per heavy atom. The second-order valence-corrected chi connectivity index (χ2v) is 6.26. The largest absolute Gasteiger partial charge is 0.481 e. The molecule has 0 aromatic heterocycles. The van der Waals surface area contributed by atoms with Gasteiger partial charge in [0.25, 0.3) is 0 Å². The van der Waals surface area contributed by atoms with Gasteiger partial charge in [0.1, 0.15) is 0 Å². The number of hydrogen-bond donors (Lipinski definition) is 2. The molecular weight excluding hydrogens is 294 g/mol. The fraction of sp³-hybridized carbons (Fsp3) is 0.429. The summed E-state index contributed by atoms with van der Waals surface area (Å²) in [6.07, 6.45) is 0.856. The van der Waals surface area contributed by atoms with Crippen molar-refractivity contribution >= 4 is 35.4 Å². The Kier molecular flexibility index (Phi) is 8.22. The maximum atomic E-state index is 11.7. The Morgan fingerprint density at radius 2 is 1.95 bits per heavy atom. The molecule has 4 nitrogen and oxygen atoms in total. The van der Waals surface area contributed by atoms with E-state index >= 15 is 0 Å². The summed E-state index contributed by atoms with van der Waals surface area (Å²) < 4.78 is 0. The van der Waals surface area contributed by atoms with Crippen LogP contribution in [0.15, 0.2) is 35.2 Å². The fourth-order valence-corrected chi connectivity index (χ4v) is 3.08. The van der Waals surface area contributed by atoms with E-state index in [9.17, 15) is 9.59 Å². The maximum absolute atomic E-state index is 11.7. The van der Waals surface area contributed by atoms with Crippen molar-refractivity contribution < 1.29 is 14.7 Å². The van der Waals surface area contributed by atoms with Crippen LogP contribution in [0, 0.1) is 0 Å². The number of aliphatic carboxylic acids is 1. The molecule has 0 aliphatic rings. The molecular formula is C14H19NO3S2. The van der Waals surface area contributed by atoms with E-state index < -0.39 is 5.97 Å². The van der Waals surface area contributed by atoms with Crippen LogP contribution in [0.5, 0.6) is 0 Å². The predicted octanol–water partition coefficient (Wildman–Crippen LogP) is 2.49. The molecule has 0 aliphatic carbocycles. The first-order valence-corrected chi connectivity index (χ1v) is 8.52. The summed E-state index contributed by atoms with van der Waals surface area (Å²) in [4.78, 5) is 23.2. The molecule has 1 amide bonds. The van der Waals surface area contributed by atoms with Gasteiger partial charge in [-0.3, -0.25) is 9.59 Å². The number of amides is 1. The molecule has 20 heavy (non-hydrogen) atoms. The first-order chi connectivity index (χ1) is 9.61. The van der Waals surface area contributed by atoms with Crippen molar-refractivity contribution in [1.82, 2.24) is 5.32 Å². The molecule has 110 valence electrons. The van der Waals surface area contributed by atoms with Crippen LogP contribution in [0.4, 0.5) is 0 Å². The third-order valence-corrected chi connectivity index (χ3v) is 4.60. The summed E-state index contributed by atoms with van der Waals surface area (Å²) in [5.41, 5.74) is 0. The summed E-state index contributed by atoms with van der Waals surface area (Å²) in [5.74, 6) is -0.0244. The lowest BCUT2D eigenvalue weighted by Crippen LogP contribution is -2.37. The summed E-state index contributed by atoms with van der Waals surface area (Å²) in [6.45, 7) is 2.03. The minimum absolute atomic E-state index is 0.0387. The molecule has 1 atom stereocenters. The van der Waals surface area contributed by atoms with Crippen LogP contribution >= 0.6 is 23.5 Å². The minimum Gasteiger partial charge on any atom is -0.481 e. The van der Waals surface area contributed by atoms with E-state index in [0.717, 1.165) is 23.9 Å². The van der Waals surface area contributed by atoms with Gasteiger partial charge in [0.15, 0.2) is 0 Å². The van der Waals surface area contributed by atoms with Gasteiger partial charge in [-0.2, -0.15) is 0 Å². The lowest BCUT2D eigenvalue weighted by atomic mass is 10.2. The summed E-state index contributed by atoms with van der Waals surface area (Å²) in [7, 11) is 0. The highest BCUT2D eigenvalue weighted by Gasteiger charge is 2.11. The molecule has 0 saturated heterocycles. The molecule has 0 saturated carbocycles. The highest BCUT2D eigenvalue weighted by molar-refractivity contribution is 8.00. The van der Waals surface area contributed by atoms with E-state index in [1.54, 1.807) is 11.8 Å². The fourth-order valence-electron chi connectivity index (χ4n) is 1.48. The normalized spacial score (nSPS) is 11.8. The van der Waals surface area contributed by atoms with Crippen molar-refractivity contribution in [3.63, 3.8) is 0 Å². The molecule has 1 unspecified atom stereocenters. The van der Waals surface area contributed by atoms with Gasteiger partial charge in [0.05, 0.1) is 11.5 Å². The number of thioether (sulfide) groups is 2. The van der Waals surface area contributed by atoms with Crippen molar-refractivity contribution in [2.45, 2.75) is 24.3 Å². The van der Waals surface area contributed by atoms with Crippen molar-refractivity contribution in [1.29, 1.82) is 0 Å². The summed E-state index contributed by atoms with van der Waals surface area (Å²) >= 11 is 2.83. The molecule has 6 heteroatoms. The third kappa shape index (κ3) is 7.45. The van der Waals surface area contributed by atoms with E-state index in [-0.39, 0.29) is 23.5 Å². The van der Waals surface area contributed by atoms with Gasteiger partial charge in [-0.05, 0) is 18.6 Å². The lowest BCUT2D eigenvalue weighted by molar-refractivity contribution is -0.133. The predicted molar refractivity (Wildman–Crippen MR) is 84.3 cm³/mol. The molecule has 0 fully saturated rings. The van der Waals surface area contributed by atoms with E-state index in [2.05, 4.69) is 5.32 Å². The molecule has 1 rings (SSSR count). The zero-order chi connectivity index (χ0) is 14.8. The highest BCUT2D eigenvalue weighted by atomic mass is 32.2. The van der Waals surface area contributed by atoms with E-state index in [1.165, 1.54) is 4.90 Å². The Hall–Kier alpha value is -1.14. The average molecular weight is 313 g/mol. The first-order valence-electron chi connectivity index (χ1n) is 6.38. The van der Waals surface area contributed by atoms with Gasteiger partial charge in [-0.25, -0.2) is 0 Å². The Balaban J connectivity index is 2.28. The number of rotatable bonds is 9. The average Bonchev–Trinajstić information content (AvgIpc) is 2.44. The SMILES string of the molecule is CCC(CSc1ccccc1)NC(=O)CSCC(=O)O. The van der Waals surface area contributed by atoms with Crippen LogP contribution in [-0.4, -0.2) is 40.3 Å². The van der Waals surface area contributed by atoms with Gasteiger partial charge in [-0.1, -0.05) is 25.1 Å². The number of carboxylic acids is 1. The Morgan fingerprint density at radius 3 is 2.55 bits per heavy atom. The number of carboxylic acid groups (broad SMARTS) is 1. The first kappa shape index (κ1) is 16.9. The van der Waals surface area contributed by atoms with Crippen LogP contribution in [0.25, 0.3) is 0 Å². The highest BCUT2D eigenvalue weighted by Crippen LogP contribution is 2.18. The van der Waals surface area contributed by atoms with Crippen LogP contribution in [0.1, 0.15) is 13.3 Å². The molecule has 0 heterocycles. The number of carbonyl (C=O) groups is 2. The van der Waals surface area contributed by atoms with Crippen LogP contribution < -0.4 is 5.32 Å². The van der Waals surface area contributed by atoms with Crippen molar-refractivity contribution in [2.24, 2.45) is 0 Å². The maximum Gasteiger partial charge on any atom is 0.313 e. The number of benzene rings is 1. The van der Waals surface area contributed by atoms with Crippen molar-refractivity contribution in [3.05, 3.63) is 30.3 Å². The molecule has 2 N–H and O–H groups in total. The topological polar surface area (TPSA) is 66.4 Å². The molecule has 1 aromatic rings. The van der Waals surface area contributed by atoms with Gasteiger partial charge in [0.2, 0.25) is 5.91 Å². The number of hydrogen-bond acceptors (Lipinski definition) is 4. The zero-order valence-electron chi connectivity index (χ0n) is 11.4. The van der Waals surface area contributed by atoms with Gasteiger partial charge < -0.3 is 10.4 Å². The van der Waals surface area contributed by atoms with E-state index in [0.29, 0.717) is 0 Å². The quantitative estimate of drug-likeness (QED) is 0.686. The zero-order valence-corrected chi connectivity index (χ0v) is 13.0. The lowest BCUT2D eigenvalue weighted by Gasteiger charge is -2.16. The Bertz CT molecular complexity index is 426. The third-order valence-electron chi connectivity index (χ3n) is 2.51. The van der Waals surface area contributed by atoms with Crippen molar-refractivity contribution in [3.8, 4) is 0 Å². The van der Waals surface area contributed by atoms with Crippen LogP contribution in [0.3, 0.4) is 0 Å². The summed E-state index contributed by atoms with van der Waals surface area (Å²) in [5, 5.41) is 11.4. The Labute approximate surface area is 127 Å². The number of nitrogens with one attached hydrogen (secondary N) is 1. The van der Waals surface area contributed by atoms with Crippen LogP contribution in [-0.2, 0) is 9.59 Å². The minimum atomic E-state index is -0.894. The van der Waals surface area contributed by atoms with E-state index in [1.807, 2.05) is 37.3 Å². The molecule has 0 aliphatic heterocycles. The van der Waals surface area contributed by atoms with Gasteiger partial charge >= 0.3 is 5.97 Å². The smallest absolute Gasteiger partial charge is 0.313 e. The molecule has 0 bridgehead atoms. The van der Waals surface area contributed by atoms with Crippen molar-refractivity contribution in [2.75, 3.05) is 17.3 Å². The van der Waals surface area contributed by atoms with Gasteiger partial charge in [0, 0.05) is 16.7 Å². The second-order valence-electron chi connectivity index (χ2n) is 4.18. The summed E-state index contributed by atoms with van der Waals surface area (Å²) in [6, 6.07) is 10.2. The standard InChI is InChI=1S/C14H19NO3S2/c1-2-11(8-20-12-6-4-3-5-7-12)15-13(16)9-19-10-14(17)18/h3-7,11H,2,8-10H2,1H3,(H,15,16)(H,17,18). The molecule has 1 aromatic carbocycles. The molecule has 0 radical (unpaired) electrons. The molecule has 0 spiro atoms. The van der Waals surface area contributed by atoms with Crippen LogP contribution in [0.2, 0.25) is 0 Å². The van der Waals surface area contributed by atoms with Gasteiger partial charge in [-0.15, -0.1) is 23.5 Å². The second kappa shape index (κ2) is 9.72. The van der Waals surface area contributed by atoms with E-state index in [4.69, 9.17) is 5.11 Å².